The largest absolute Gasteiger partial charge is 0.545 e. The van der Waals surface area contributed by atoms with Crippen LogP contribution in [-0.4, -0.2) is 89.5 Å². The number of rotatable bonds is 15. The Balaban J connectivity index is -0.000000893. The van der Waals surface area contributed by atoms with E-state index in [9.17, 15) is 149 Å². The van der Waals surface area contributed by atoms with E-state index in [2.05, 4.69) is 0 Å². The molecule has 0 atom stereocenters. The smallest absolute Gasteiger partial charge is 0.0715 e. The summed E-state index contributed by atoms with van der Waals surface area (Å²) in [5.74, 6) is -25.2. The molecule has 78 heavy (non-hydrogen) atoms. The van der Waals surface area contributed by atoms with Crippen LogP contribution in [0.3, 0.4) is 0 Å². The van der Waals surface area contributed by atoms with Gasteiger partial charge in [-0.15, -0.1) is 0 Å². The summed E-state index contributed by atoms with van der Waals surface area (Å²) in [6.07, 6.45) is 0. The third-order valence-corrected chi connectivity index (χ3v) is 8.20. The molecule has 405 valence electrons. The fourth-order valence-electron chi connectivity index (χ4n) is 4.91. The van der Waals surface area contributed by atoms with Gasteiger partial charge >= 0.3 is 0 Å². The average molecular weight is 1190 g/mol. The second-order valence-corrected chi connectivity index (χ2v) is 13.3. The Morgan fingerprint density at radius 3 is 0.205 bits per heavy atom. The molecule has 0 aliphatic rings. The van der Waals surface area contributed by atoms with Gasteiger partial charge in [0.1, 0.15) is 0 Å². The Morgan fingerprint density at radius 1 is 0.141 bits per heavy atom. The first-order chi connectivity index (χ1) is 34.6. The number of carbonyl (C=O) groups excluding carboxylic acids is 15. The summed E-state index contributed by atoms with van der Waals surface area (Å²) in [6, 6.07) is 11.2. The molecule has 0 N–H and O–H groups in total. The summed E-state index contributed by atoms with van der Waals surface area (Å²) in [7, 11) is 0. The van der Waals surface area contributed by atoms with E-state index in [1.54, 1.807) is 0 Å². The predicted molar refractivity (Wildman–Crippen MR) is 197 cm³/mol. The molecular weight excluding hydrogens is 1170 g/mol. The van der Waals surface area contributed by atoms with Gasteiger partial charge in [-0.25, -0.2) is 0 Å². The predicted octanol–water partition coefficient (Wildman–Crippen LogP) is -16.1. The first-order valence-corrected chi connectivity index (χ1v) is 18.5. The zero-order valence-electron chi connectivity index (χ0n) is 37.2. The maximum atomic E-state index is 10.4. The molecule has 0 saturated heterocycles. The van der Waals surface area contributed by atoms with Crippen molar-refractivity contribution in [1.82, 2.24) is 0 Å². The first-order valence-electron chi connectivity index (χ1n) is 18.5. The monoisotopic (exact) mass is 1190 g/mol. The van der Waals surface area contributed by atoms with E-state index >= 15 is 0 Å². The van der Waals surface area contributed by atoms with Gasteiger partial charge in [0.2, 0.25) is 0 Å². The Kier molecular flexibility index (Phi) is 29.8. The molecule has 0 aliphatic carbocycles. The van der Waals surface area contributed by atoms with Gasteiger partial charge in [0.25, 0.3) is 0 Å². The third kappa shape index (κ3) is 23.0. The van der Waals surface area contributed by atoms with E-state index < -0.39 is 173 Å². The van der Waals surface area contributed by atoms with Crippen LogP contribution in [0.25, 0.3) is 0 Å². The molecule has 0 spiro atoms. The molecule has 0 aromatic heterocycles. The van der Waals surface area contributed by atoms with Gasteiger partial charge in [0.15, 0.2) is 0 Å². The van der Waals surface area contributed by atoms with Crippen molar-refractivity contribution in [3.63, 3.8) is 0 Å². The van der Waals surface area contributed by atoms with Crippen LogP contribution < -0.4 is 76.6 Å². The Bertz CT molecular complexity index is 2360. The number of benzene rings is 5. The minimum Gasteiger partial charge on any atom is -0.545 e. The molecule has 30 nitrogen and oxygen atoms in total. The number of hydrogen-bond acceptors (Lipinski definition) is 30. The van der Waals surface area contributed by atoms with E-state index in [0.717, 1.165) is 91.0 Å². The number of aromatic carboxylic acids is 15. The van der Waals surface area contributed by atoms with Crippen LogP contribution in [0.5, 0.6) is 0 Å². The second-order valence-electron chi connectivity index (χ2n) is 13.3. The molecule has 3 radical (unpaired) electrons. The fourth-order valence-corrected chi connectivity index (χ4v) is 4.91. The number of carboxylic acid groups (broad SMARTS) is 15. The van der Waals surface area contributed by atoms with Gasteiger partial charge in [-0.1, -0.05) is 0 Å². The maximum Gasteiger partial charge on any atom is 0.0715 e. The van der Waals surface area contributed by atoms with Crippen molar-refractivity contribution < 1.29 is 204 Å². The van der Waals surface area contributed by atoms with Crippen molar-refractivity contribution in [1.29, 1.82) is 0 Å². The SMILES string of the molecule is O=C([O-])c1cc(C(=O)[O-])cc(C(=O)[O-])c1.O=C([O-])c1cc(C(=O)[O-])cc(C(=O)[O-])c1.O=C([O-])c1cc(C(=O)[O-])cc(C(=O)[O-])c1.O=C([O-])c1cc(C(=O)[O-])cc(C(=O)[O-])c1.O=C([O-])c1cc(C(=O)[O-])cc(C(=O)[O-])c1.[V].[V].[V]. The molecule has 0 saturated carbocycles. The normalized spacial score (nSPS) is 9.23. The van der Waals surface area contributed by atoms with Gasteiger partial charge in [-0.05, 0) is 174 Å². The van der Waals surface area contributed by atoms with Crippen LogP contribution in [0.15, 0.2) is 91.0 Å². The molecular formula is C45H15O30V3-15. The van der Waals surface area contributed by atoms with E-state index in [1.807, 2.05) is 0 Å². The second kappa shape index (κ2) is 32.3. The molecule has 0 fully saturated rings. The molecule has 0 bridgehead atoms. The van der Waals surface area contributed by atoms with Crippen LogP contribution in [0.1, 0.15) is 155 Å². The molecule has 0 heterocycles. The van der Waals surface area contributed by atoms with Crippen molar-refractivity contribution in [2.45, 2.75) is 0 Å². The molecule has 33 heteroatoms. The molecule has 5 aromatic rings. The third-order valence-electron chi connectivity index (χ3n) is 8.20. The minimum atomic E-state index is -1.68. The van der Waals surface area contributed by atoms with Crippen LogP contribution in [0.4, 0.5) is 0 Å². The molecule has 0 aliphatic heterocycles. The van der Waals surface area contributed by atoms with Crippen LogP contribution >= 0.6 is 0 Å². The Labute approximate surface area is 466 Å². The van der Waals surface area contributed by atoms with Gasteiger partial charge in [0.05, 0.1) is 89.5 Å². The van der Waals surface area contributed by atoms with Crippen molar-refractivity contribution >= 4 is 89.5 Å². The Hall–Kier alpha value is -10.1. The summed E-state index contributed by atoms with van der Waals surface area (Å²) in [5.41, 5.74) is -8.39. The van der Waals surface area contributed by atoms with E-state index in [-0.39, 0.29) is 55.7 Å². The fraction of sp³-hybridized carbons (Fsp3) is 0. The van der Waals surface area contributed by atoms with Gasteiger partial charge < -0.3 is 149 Å². The minimum absolute atomic E-state index is 0. The van der Waals surface area contributed by atoms with Gasteiger partial charge in [-0.2, -0.15) is 0 Å². The van der Waals surface area contributed by atoms with Crippen LogP contribution in [-0.2, 0) is 55.7 Å². The van der Waals surface area contributed by atoms with E-state index in [4.69, 9.17) is 0 Å². The number of carboxylic acids is 15. The summed E-state index contributed by atoms with van der Waals surface area (Å²) < 4.78 is 0. The Morgan fingerprint density at radius 2 is 0.179 bits per heavy atom. The summed E-state index contributed by atoms with van der Waals surface area (Å²) >= 11 is 0. The van der Waals surface area contributed by atoms with Crippen LogP contribution in [0.2, 0.25) is 0 Å². The summed E-state index contributed by atoms with van der Waals surface area (Å²) in [4.78, 5) is 156. The van der Waals surface area contributed by atoms with Gasteiger partial charge in [0, 0.05) is 55.7 Å². The number of carbonyl (C=O) groups is 15. The molecule has 5 aromatic carbocycles. The molecule has 0 amide bonds. The maximum absolute atomic E-state index is 10.4. The zero-order valence-corrected chi connectivity index (χ0v) is 41.4. The van der Waals surface area contributed by atoms with Crippen molar-refractivity contribution in [2.75, 3.05) is 0 Å². The van der Waals surface area contributed by atoms with Crippen molar-refractivity contribution in [2.24, 2.45) is 0 Å². The summed E-state index contributed by atoms with van der Waals surface area (Å²) in [5, 5.41) is 156. The van der Waals surface area contributed by atoms with Crippen molar-refractivity contribution in [3.05, 3.63) is 174 Å². The van der Waals surface area contributed by atoms with E-state index in [1.165, 1.54) is 0 Å². The van der Waals surface area contributed by atoms with Gasteiger partial charge in [-0.3, -0.25) is 0 Å². The first kappa shape index (κ1) is 72.2. The molecule has 5 rings (SSSR count). The molecule has 0 unspecified atom stereocenters. The summed E-state index contributed by atoms with van der Waals surface area (Å²) in [6.45, 7) is 0. The quantitative estimate of drug-likeness (QED) is 0.0939. The van der Waals surface area contributed by atoms with Crippen molar-refractivity contribution in [3.8, 4) is 0 Å². The zero-order chi connectivity index (χ0) is 57.9. The van der Waals surface area contributed by atoms with E-state index in [0.29, 0.717) is 0 Å². The standard InChI is InChI=1S/5C9H6O6.3V/c5*10-7(11)4-1-5(8(12)13)3-6(2-4)9(14)15;;;/h5*1-3H,(H,10,11)(H,12,13)(H,14,15);;;/p-15. The van der Waals surface area contributed by atoms with Crippen LogP contribution in [0, 0.1) is 0 Å². The average Bonchev–Trinajstić information content (AvgIpc) is 3.33. The topological polar surface area (TPSA) is 602 Å². The number of hydrogen-bond donors (Lipinski definition) is 0.